The third-order valence-corrected chi connectivity index (χ3v) is 3.56. The van der Waals surface area contributed by atoms with E-state index >= 15 is 0 Å². The molecule has 1 heterocycles. The molecule has 6 heteroatoms. The molecule has 0 unspecified atom stereocenters. The summed E-state index contributed by atoms with van der Waals surface area (Å²) in [5.74, 6) is 1.03. The first-order chi connectivity index (χ1) is 10.0. The average molecular weight is 349 g/mol. The number of anilines is 1. The molecule has 1 aromatic carbocycles. The van der Waals surface area contributed by atoms with Gasteiger partial charge in [-0.1, -0.05) is 23.4 Å². The van der Waals surface area contributed by atoms with Gasteiger partial charge in [-0.3, -0.25) is 0 Å². The first-order valence-electron chi connectivity index (χ1n) is 6.41. The van der Waals surface area contributed by atoms with E-state index in [9.17, 15) is 0 Å². The summed E-state index contributed by atoms with van der Waals surface area (Å²) >= 11 is 3.41. The molecule has 2 aromatic rings. The number of rotatable bonds is 4. The molecule has 0 radical (unpaired) electrons. The average Bonchev–Trinajstić information content (AvgIpc) is 2.46. The monoisotopic (exact) mass is 348 g/mol. The molecule has 110 valence electrons. The SMILES string of the molecule is Cc1cc(Br)cnc1N(C)Cc1cccc(C(N)=NO)c1. The number of aromatic nitrogens is 1. The summed E-state index contributed by atoms with van der Waals surface area (Å²) in [6.45, 7) is 2.71. The van der Waals surface area contributed by atoms with Crippen molar-refractivity contribution in [3.05, 3.63) is 57.7 Å². The van der Waals surface area contributed by atoms with E-state index in [0.29, 0.717) is 12.1 Å². The summed E-state index contributed by atoms with van der Waals surface area (Å²) in [7, 11) is 1.99. The van der Waals surface area contributed by atoms with Gasteiger partial charge in [0.2, 0.25) is 0 Å². The molecule has 0 bridgehead atoms. The van der Waals surface area contributed by atoms with Crippen molar-refractivity contribution >= 4 is 27.6 Å². The summed E-state index contributed by atoms with van der Waals surface area (Å²) in [6, 6.07) is 9.63. The third kappa shape index (κ3) is 3.72. The van der Waals surface area contributed by atoms with Crippen molar-refractivity contribution in [3.8, 4) is 0 Å². The molecule has 0 spiro atoms. The molecule has 0 fully saturated rings. The third-order valence-electron chi connectivity index (χ3n) is 3.13. The Labute approximate surface area is 132 Å². The summed E-state index contributed by atoms with van der Waals surface area (Å²) in [6.07, 6.45) is 1.78. The van der Waals surface area contributed by atoms with Crippen molar-refractivity contribution in [1.29, 1.82) is 0 Å². The highest BCUT2D eigenvalue weighted by molar-refractivity contribution is 9.10. The number of hydrogen-bond acceptors (Lipinski definition) is 4. The van der Waals surface area contributed by atoms with Crippen LogP contribution in [0.2, 0.25) is 0 Å². The lowest BCUT2D eigenvalue weighted by atomic mass is 10.1. The fraction of sp³-hybridized carbons (Fsp3) is 0.200. The normalized spacial score (nSPS) is 11.5. The van der Waals surface area contributed by atoms with Gasteiger partial charge in [-0.2, -0.15) is 0 Å². The van der Waals surface area contributed by atoms with E-state index < -0.39 is 0 Å². The van der Waals surface area contributed by atoms with Crippen LogP contribution in [0, 0.1) is 6.92 Å². The Hall–Kier alpha value is -2.08. The maximum absolute atomic E-state index is 8.74. The van der Waals surface area contributed by atoms with Crippen molar-refractivity contribution < 1.29 is 5.21 Å². The highest BCUT2D eigenvalue weighted by Crippen LogP contribution is 2.21. The Bertz CT molecular complexity index is 672. The zero-order valence-electron chi connectivity index (χ0n) is 11.9. The van der Waals surface area contributed by atoms with Crippen LogP contribution in [0.25, 0.3) is 0 Å². The van der Waals surface area contributed by atoms with Gasteiger partial charge in [0.05, 0.1) is 0 Å². The van der Waals surface area contributed by atoms with Crippen molar-refractivity contribution in [2.24, 2.45) is 10.9 Å². The minimum atomic E-state index is 0.109. The van der Waals surface area contributed by atoms with Crippen LogP contribution in [0.3, 0.4) is 0 Å². The van der Waals surface area contributed by atoms with Gasteiger partial charge in [0.15, 0.2) is 5.84 Å². The zero-order valence-corrected chi connectivity index (χ0v) is 13.5. The van der Waals surface area contributed by atoms with Crippen LogP contribution in [-0.4, -0.2) is 23.1 Å². The van der Waals surface area contributed by atoms with Crippen LogP contribution in [-0.2, 0) is 6.54 Å². The molecule has 0 saturated carbocycles. The minimum Gasteiger partial charge on any atom is -0.409 e. The fourth-order valence-electron chi connectivity index (χ4n) is 2.17. The number of pyridine rings is 1. The van der Waals surface area contributed by atoms with Gasteiger partial charge in [-0.25, -0.2) is 4.98 Å². The quantitative estimate of drug-likeness (QED) is 0.385. The van der Waals surface area contributed by atoms with Gasteiger partial charge in [-0.15, -0.1) is 0 Å². The molecule has 0 aliphatic heterocycles. The van der Waals surface area contributed by atoms with E-state index in [1.165, 1.54) is 0 Å². The van der Waals surface area contributed by atoms with Gasteiger partial charge in [0, 0.05) is 29.8 Å². The number of nitrogens with zero attached hydrogens (tertiary/aromatic N) is 3. The topological polar surface area (TPSA) is 74.7 Å². The molecule has 0 saturated heterocycles. The molecule has 5 nitrogen and oxygen atoms in total. The minimum absolute atomic E-state index is 0.109. The lowest BCUT2D eigenvalue weighted by Gasteiger charge is -2.20. The van der Waals surface area contributed by atoms with Gasteiger partial charge in [0.25, 0.3) is 0 Å². The Balaban J connectivity index is 2.21. The Kier molecular flexibility index (Phi) is 4.80. The first kappa shape index (κ1) is 15.3. The molecule has 0 aliphatic rings. The number of hydrogen-bond donors (Lipinski definition) is 2. The molecule has 0 amide bonds. The molecule has 0 aliphatic carbocycles. The number of benzene rings is 1. The van der Waals surface area contributed by atoms with E-state index in [4.69, 9.17) is 10.9 Å². The maximum atomic E-state index is 8.74. The second-order valence-corrected chi connectivity index (χ2v) is 5.75. The van der Waals surface area contributed by atoms with E-state index in [-0.39, 0.29) is 5.84 Å². The molecule has 21 heavy (non-hydrogen) atoms. The van der Waals surface area contributed by atoms with Crippen LogP contribution < -0.4 is 10.6 Å². The summed E-state index contributed by atoms with van der Waals surface area (Å²) in [5, 5.41) is 11.8. The molecule has 0 atom stereocenters. The van der Waals surface area contributed by atoms with Gasteiger partial charge < -0.3 is 15.8 Å². The standard InChI is InChI=1S/C15H17BrN4O/c1-10-6-13(16)8-18-15(10)20(2)9-11-4-3-5-12(7-11)14(17)19-21/h3-8,21H,9H2,1-2H3,(H2,17,19). The largest absolute Gasteiger partial charge is 0.409 e. The molecule has 3 N–H and O–H groups in total. The Morgan fingerprint density at radius 3 is 2.86 bits per heavy atom. The van der Waals surface area contributed by atoms with Crippen molar-refractivity contribution in [2.75, 3.05) is 11.9 Å². The molecular formula is C15H17BrN4O. The van der Waals surface area contributed by atoms with Crippen LogP contribution in [0.1, 0.15) is 16.7 Å². The van der Waals surface area contributed by atoms with E-state index in [2.05, 4.69) is 31.0 Å². The zero-order chi connectivity index (χ0) is 15.4. The van der Waals surface area contributed by atoms with Crippen molar-refractivity contribution in [3.63, 3.8) is 0 Å². The van der Waals surface area contributed by atoms with E-state index in [0.717, 1.165) is 21.4 Å². The van der Waals surface area contributed by atoms with E-state index in [1.54, 1.807) is 6.20 Å². The second kappa shape index (κ2) is 6.58. The van der Waals surface area contributed by atoms with Crippen molar-refractivity contribution in [2.45, 2.75) is 13.5 Å². The number of amidine groups is 1. The summed E-state index contributed by atoms with van der Waals surface area (Å²) < 4.78 is 0.964. The fourth-order valence-corrected chi connectivity index (χ4v) is 2.61. The van der Waals surface area contributed by atoms with Gasteiger partial charge in [0.1, 0.15) is 5.82 Å². The first-order valence-corrected chi connectivity index (χ1v) is 7.20. The highest BCUT2D eigenvalue weighted by Gasteiger charge is 2.08. The Morgan fingerprint density at radius 2 is 2.19 bits per heavy atom. The molecule has 2 rings (SSSR count). The smallest absolute Gasteiger partial charge is 0.170 e. The summed E-state index contributed by atoms with van der Waals surface area (Å²) in [4.78, 5) is 6.50. The van der Waals surface area contributed by atoms with Crippen molar-refractivity contribution in [1.82, 2.24) is 4.98 Å². The van der Waals surface area contributed by atoms with Gasteiger partial charge in [-0.05, 0) is 46.1 Å². The van der Waals surface area contributed by atoms with Crippen LogP contribution in [0.5, 0.6) is 0 Å². The number of oxime groups is 1. The highest BCUT2D eigenvalue weighted by atomic mass is 79.9. The number of nitrogens with two attached hydrogens (primary N) is 1. The second-order valence-electron chi connectivity index (χ2n) is 4.84. The van der Waals surface area contributed by atoms with Crippen LogP contribution in [0.15, 0.2) is 46.2 Å². The lowest BCUT2D eigenvalue weighted by molar-refractivity contribution is 0.318. The number of aryl methyl sites for hydroxylation is 1. The van der Waals surface area contributed by atoms with E-state index in [1.807, 2.05) is 44.3 Å². The number of halogens is 1. The predicted molar refractivity (Wildman–Crippen MR) is 87.7 cm³/mol. The van der Waals surface area contributed by atoms with Crippen LogP contribution in [0.4, 0.5) is 5.82 Å². The molecular weight excluding hydrogens is 332 g/mol. The van der Waals surface area contributed by atoms with Gasteiger partial charge >= 0.3 is 0 Å². The lowest BCUT2D eigenvalue weighted by Crippen LogP contribution is -2.19. The summed E-state index contributed by atoms with van der Waals surface area (Å²) in [5.41, 5.74) is 8.47. The molecule has 1 aromatic heterocycles. The van der Waals surface area contributed by atoms with Crippen LogP contribution >= 0.6 is 15.9 Å². The maximum Gasteiger partial charge on any atom is 0.170 e. The Morgan fingerprint density at radius 1 is 1.43 bits per heavy atom. The predicted octanol–water partition coefficient (Wildman–Crippen LogP) is 2.88.